The molecule has 0 heterocycles. The second-order valence-electron chi connectivity index (χ2n) is 10.4. The van der Waals surface area contributed by atoms with E-state index in [1.807, 2.05) is 0 Å². The second-order valence-corrected chi connectivity index (χ2v) is 10.4. The van der Waals surface area contributed by atoms with Crippen LogP contribution < -0.4 is 27.0 Å². The molecule has 0 fully saturated rings. The van der Waals surface area contributed by atoms with Crippen LogP contribution >= 0.6 is 0 Å². The van der Waals surface area contributed by atoms with Crippen molar-refractivity contribution in [1.82, 2.24) is 21.3 Å². The molecular formula is C30H35N5O12. The summed E-state index contributed by atoms with van der Waals surface area (Å²) in [5, 5.41) is 45.5. The van der Waals surface area contributed by atoms with Crippen LogP contribution in [0.15, 0.2) is 48.5 Å². The van der Waals surface area contributed by atoms with Gasteiger partial charge in [-0.05, 0) is 48.7 Å². The van der Waals surface area contributed by atoms with E-state index in [1.54, 1.807) is 0 Å². The first-order valence-corrected chi connectivity index (χ1v) is 14.1. The summed E-state index contributed by atoms with van der Waals surface area (Å²) in [5.74, 6) is -8.40. The quantitative estimate of drug-likeness (QED) is 0.0905. The predicted octanol–water partition coefficient (Wildman–Crippen LogP) is -1.26. The van der Waals surface area contributed by atoms with Crippen molar-refractivity contribution in [2.45, 2.75) is 56.8 Å². The van der Waals surface area contributed by atoms with Crippen LogP contribution in [0, 0.1) is 0 Å². The van der Waals surface area contributed by atoms with Gasteiger partial charge in [0.25, 0.3) is 0 Å². The fourth-order valence-electron chi connectivity index (χ4n) is 4.11. The van der Waals surface area contributed by atoms with Crippen LogP contribution in [0.1, 0.15) is 51.6 Å². The molecule has 2 rings (SSSR count). The average Bonchev–Trinajstić information content (AvgIpc) is 3.01. The molecule has 2 aromatic carbocycles. The Bertz CT molecular complexity index is 1490. The predicted molar refractivity (Wildman–Crippen MR) is 161 cm³/mol. The summed E-state index contributed by atoms with van der Waals surface area (Å²) >= 11 is 0. The standard InChI is InChI=1S/C30H35N5O12/c1-15(25(40)32-14-24(38)39)33-27(42)21(12-16-2-6-18(7-3-16)29(44)45)35-28(43)22(34-26(41)20(31)10-11-23(36)37)13-17-4-8-19(9-5-17)30(46)47/h2-9,15,20-22H,10-14,31H2,1H3,(H,32,40)(H,33,42)(H,34,41)(H,35,43)(H,36,37)(H,38,39)(H,44,45)(H,46,47). The fourth-order valence-corrected chi connectivity index (χ4v) is 4.11. The number of rotatable bonds is 18. The summed E-state index contributed by atoms with van der Waals surface area (Å²) < 4.78 is 0. The molecule has 0 aliphatic heterocycles. The monoisotopic (exact) mass is 657 g/mol. The second kappa shape index (κ2) is 17.6. The molecule has 4 amide bonds. The van der Waals surface area contributed by atoms with E-state index in [1.165, 1.54) is 55.5 Å². The zero-order chi connectivity index (χ0) is 35.3. The van der Waals surface area contributed by atoms with Crippen LogP contribution in [0.25, 0.3) is 0 Å². The minimum Gasteiger partial charge on any atom is -0.481 e. The maximum absolute atomic E-state index is 13.6. The van der Waals surface area contributed by atoms with Crippen LogP contribution in [0.2, 0.25) is 0 Å². The number of hydrogen-bond donors (Lipinski definition) is 9. The first-order chi connectivity index (χ1) is 22.1. The van der Waals surface area contributed by atoms with Gasteiger partial charge in [-0.25, -0.2) is 9.59 Å². The third-order valence-corrected chi connectivity index (χ3v) is 6.72. The molecule has 0 aromatic heterocycles. The zero-order valence-corrected chi connectivity index (χ0v) is 25.1. The molecule has 0 radical (unpaired) electrons. The number of aliphatic carboxylic acids is 2. The van der Waals surface area contributed by atoms with Crippen molar-refractivity contribution in [1.29, 1.82) is 0 Å². The molecule has 17 nitrogen and oxygen atoms in total. The lowest BCUT2D eigenvalue weighted by molar-refractivity contribution is -0.138. The van der Waals surface area contributed by atoms with E-state index >= 15 is 0 Å². The maximum atomic E-state index is 13.6. The van der Waals surface area contributed by atoms with Crippen LogP contribution in [0.4, 0.5) is 0 Å². The van der Waals surface area contributed by atoms with E-state index in [0.717, 1.165) is 0 Å². The number of hydrogen-bond acceptors (Lipinski definition) is 9. The van der Waals surface area contributed by atoms with E-state index in [9.17, 15) is 48.6 Å². The van der Waals surface area contributed by atoms with Crippen molar-refractivity contribution in [3.63, 3.8) is 0 Å². The molecule has 252 valence electrons. The molecule has 4 unspecified atom stereocenters. The van der Waals surface area contributed by atoms with Crippen molar-refractivity contribution in [3.05, 3.63) is 70.8 Å². The maximum Gasteiger partial charge on any atom is 0.335 e. The number of amides is 4. The minimum absolute atomic E-state index is 0.0401. The van der Waals surface area contributed by atoms with Crippen molar-refractivity contribution < 1.29 is 58.8 Å². The minimum atomic E-state index is -1.41. The van der Waals surface area contributed by atoms with Gasteiger partial charge >= 0.3 is 23.9 Å². The van der Waals surface area contributed by atoms with Gasteiger partial charge in [-0.2, -0.15) is 0 Å². The van der Waals surface area contributed by atoms with Crippen LogP contribution in [-0.2, 0) is 41.6 Å². The Balaban J connectivity index is 2.37. The van der Waals surface area contributed by atoms with Crippen molar-refractivity contribution in [3.8, 4) is 0 Å². The summed E-state index contributed by atoms with van der Waals surface area (Å²) in [6.07, 6.45) is -1.10. The highest BCUT2D eigenvalue weighted by Gasteiger charge is 2.30. The Kier molecular flexibility index (Phi) is 14.0. The number of nitrogens with two attached hydrogens (primary N) is 1. The summed E-state index contributed by atoms with van der Waals surface area (Å²) in [6, 6.07) is 5.36. The third kappa shape index (κ3) is 12.6. The van der Waals surface area contributed by atoms with E-state index < -0.39 is 84.6 Å². The van der Waals surface area contributed by atoms with Gasteiger partial charge < -0.3 is 47.4 Å². The summed E-state index contributed by atoms with van der Waals surface area (Å²) in [5.41, 5.74) is 6.54. The van der Waals surface area contributed by atoms with E-state index in [0.29, 0.717) is 11.1 Å². The first kappa shape index (κ1) is 37.3. The SMILES string of the molecule is CC(NC(=O)C(Cc1ccc(C(=O)O)cc1)NC(=O)C(Cc1ccc(C(=O)O)cc1)NC(=O)C(N)CCC(=O)O)C(=O)NCC(=O)O. The lowest BCUT2D eigenvalue weighted by atomic mass is 10.0. The van der Waals surface area contributed by atoms with Crippen molar-refractivity contribution >= 4 is 47.5 Å². The topological polar surface area (TPSA) is 292 Å². The van der Waals surface area contributed by atoms with Gasteiger partial charge in [0.05, 0.1) is 17.2 Å². The number of carboxylic acids is 4. The van der Waals surface area contributed by atoms with Gasteiger partial charge in [0.15, 0.2) is 0 Å². The first-order valence-electron chi connectivity index (χ1n) is 14.1. The molecule has 0 aliphatic rings. The molecular weight excluding hydrogens is 622 g/mol. The highest BCUT2D eigenvalue weighted by atomic mass is 16.4. The van der Waals surface area contributed by atoms with E-state index in [2.05, 4.69) is 21.3 Å². The van der Waals surface area contributed by atoms with Gasteiger partial charge in [0.2, 0.25) is 23.6 Å². The zero-order valence-electron chi connectivity index (χ0n) is 25.1. The molecule has 4 atom stereocenters. The Hall–Kier alpha value is -5.84. The lowest BCUT2D eigenvalue weighted by Gasteiger charge is -2.25. The number of aromatic carboxylic acids is 2. The van der Waals surface area contributed by atoms with Crippen LogP contribution in [0.3, 0.4) is 0 Å². The van der Waals surface area contributed by atoms with Gasteiger partial charge in [-0.15, -0.1) is 0 Å². The Labute approximate surface area is 267 Å². The summed E-state index contributed by atoms with van der Waals surface area (Å²) in [6.45, 7) is 0.566. The Morgan fingerprint density at radius 1 is 0.617 bits per heavy atom. The molecule has 47 heavy (non-hydrogen) atoms. The number of carboxylic acid groups (broad SMARTS) is 4. The number of benzene rings is 2. The van der Waals surface area contributed by atoms with Crippen LogP contribution in [-0.4, -0.2) is 98.6 Å². The smallest absolute Gasteiger partial charge is 0.335 e. The summed E-state index contributed by atoms with van der Waals surface area (Å²) in [7, 11) is 0. The molecule has 0 bridgehead atoms. The average molecular weight is 658 g/mol. The van der Waals surface area contributed by atoms with Gasteiger partial charge in [-0.1, -0.05) is 24.3 Å². The number of nitrogens with one attached hydrogen (secondary N) is 4. The Morgan fingerprint density at radius 3 is 1.45 bits per heavy atom. The largest absolute Gasteiger partial charge is 0.481 e. The number of carbonyl (C=O) groups excluding carboxylic acids is 4. The molecule has 10 N–H and O–H groups in total. The van der Waals surface area contributed by atoms with Gasteiger partial charge in [0, 0.05) is 19.3 Å². The third-order valence-electron chi connectivity index (χ3n) is 6.72. The van der Waals surface area contributed by atoms with Crippen molar-refractivity contribution in [2.75, 3.05) is 6.54 Å². The molecule has 17 heteroatoms. The fraction of sp³-hybridized carbons (Fsp3) is 0.333. The molecule has 0 spiro atoms. The molecule has 2 aromatic rings. The Morgan fingerprint density at radius 2 is 1.04 bits per heavy atom. The van der Waals surface area contributed by atoms with Crippen molar-refractivity contribution in [2.24, 2.45) is 5.73 Å². The highest BCUT2D eigenvalue weighted by Crippen LogP contribution is 2.11. The van der Waals surface area contributed by atoms with Gasteiger partial charge in [0.1, 0.15) is 24.7 Å². The van der Waals surface area contributed by atoms with E-state index in [4.69, 9.17) is 15.9 Å². The normalized spacial score (nSPS) is 13.1. The van der Waals surface area contributed by atoms with E-state index in [-0.39, 0.29) is 30.4 Å². The highest BCUT2D eigenvalue weighted by molar-refractivity contribution is 5.95. The summed E-state index contributed by atoms with van der Waals surface area (Å²) in [4.78, 5) is 96.3. The molecule has 0 aliphatic carbocycles. The number of carbonyl (C=O) groups is 8. The lowest BCUT2D eigenvalue weighted by Crippen LogP contribution is -2.58. The molecule has 0 saturated heterocycles. The van der Waals surface area contributed by atoms with Crippen LogP contribution in [0.5, 0.6) is 0 Å². The molecule has 0 saturated carbocycles. The van der Waals surface area contributed by atoms with Gasteiger partial charge in [-0.3, -0.25) is 28.8 Å².